The molecular formula is C27H28Cl2N2O3S. The third kappa shape index (κ3) is 6.37. The van der Waals surface area contributed by atoms with Gasteiger partial charge in [0.25, 0.3) is 5.91 Å². The summed E-state index contributed by atoms with van der Waals surface area (Å²) in [5.74, 6) is -0.177. The van der Waals surface area contributed by atoms with E-state index in [-0.39, 0.29) is 18.5 Å². The summed E-state index contributed by atoms with van der Waals surface area (Å²) in [5, 5.41) is 3.76. The van der Waals surface area contributed by atoms with Crippen LogP contribution in [0.1, 0.15) is 58.4 Å². The predicted octanol–water partition coefficient (Wildman–Crippen LogP) is 6.33. The van der Waals surface area contributed by atoms with Gasteiger partial charge in [-0.2, -0.15) is 0 Å². The second-order valence-electron chi connectivity index (χ2n) is 9.02. The van der Waals surface area contributed by atoms with Crippen LogP contribution in [-0.4, -0.2) is 20.6 Å². The van der Waals surface area contributed by atoms with Crippen LogP contribution in [0.3, 0.4) is 0 Å². The minimum absolute atomic E-state index is 0.0862. The third-order valence-corrected chi connectivity index (χ3v) is 7.88. The Morgan fingerprint density at radius 3 is 2.20 bits per heavy atom. The van der Waals surface area contributed by atoms with E-state index in [0.717, 1.165) is 30.2 Å². The lowest BCUT2D eigenvalue weighted by Gasteiger charge is -2.23. The molecule has 1 aliphatic rings. The first-order chi connectivity index (χ1) is 16.6. The largest absolute Gasteiger partial charge is 0.346 e. The van der Waals surface area contributed by atoms with Gasteiger partial charge in [0.1, 0.15) is 0 Å². The number of carbonyl (C=O) groups excluding carboxylic acids is 1. The number of carbonyl (C=O) groups is 1. The Bertz CT molecular complexity index is 1320. The Kier molecular flexibility index (Phi) is 7.74. The lowest BCUT2D eigenvalue weighted by molar-refractivity contribution is 0.0940. The molecule has 0 aromatic heterocycles. The molecule has 5 nitrogen and oxygen atoms in total. The van der Waals surface area contributed by atoms with E-state index >= 15 is 0 Å². The summed E-state index contributed by atoms with van der Waals surface area (Å²) in [4.78, 5) is 12.9. The van der Waals surface area contributed by atoms with Gasteiger partial charge in [-0.3, -0.25) is 9.10 Å². The van der Waals surface area contributed by atoms with E-state index in [1.165, 1.54) is 28.3 Å². The summed E-state index contributed by atoms with van der Waals surface area (Å²) in [6.45, 7) is 2.07. The zero-order valence-corrected chi connectivity index (χ0v) is 22.1. The molecule has 3 aromatic rings. The Balaban J connectivity index is 1.46. The van der Waals surface area contributed by atoms with E-state index < -0.39 is 10.0 Å². The second kappa shape index (κ2) is 10.6. The molecule has 0 fully saturated rings. The summed E-state index contributed by atoms with van der Waals surface area (Å²) in [6.07, 6.45) is 5.81. The number of fused-ring (bicyclic) bond motifs is 1. The number of benzene rings is 3. The Morgan fingerprint density at radius 1 is 0.943 bits per heavy atom. The monoisotopic (exact) mass is 530 g/mol. The van der Waals surface area contributed by atoms with E-state index in [2.05, 4.69) is 23.5 Å². The van der Waals surface area contributed by atoms with Crippen molar-refractivity contribution >= 4 is 44.8 Å². The summed E-state index contributed by atoms with van der Waals surface area (Å²) < 4.78 is 26.1. The number of hydrogen-bond donors (Lipinski definition) is 1. The zero-order chi connectivity index (χ0) is 25.2. The molecule has 184 valence electrons. The molecule has 0 unspecified atom stereocenters. The van der Waals surface area contributed by atoms with Gasteiger partial charge in [0, 0.05) is 15.6 Å². The number of anilines is 1. The van der Waals surface area contributed by atoms with Gasteiger partial charge in [-0.1, -0.05) is 53.5 Å². The van der Waals surface area contributed by atoms with Crippen molar-refractivity contribution in [2.75, 3.05) is 10.6 Å². The molecule has 1 N–H and O–H groups in total. The molecule has 1 amide bonds. The normalized spacial score (nSPS) is 14.2. The van der Waals surface area contributed by atoms with Crippen LogP contribution in [-0.2, 0) is 29.4 Å². The number of hydrogen-bond acceptors (Lipinski definition) is 3. The Labute approximate surface area is 217 Å². The fourth-order valence-electron chi connectivity index (χ4n) is 4.40. The zero-order valence-electron chi connectivity index (χ0n) is 19.7. The van der Waals surface area contributed by atoms with Gasteiger partial charge >= 0.3 is 0 Å². The highest BCUT2D eigenvalue weighted by molar-refractivity contribution is 7.92. The molecule has 4 rings (SSSR count). The second-order valence-corrected chi connectivity index (χ2v) is 11.8. The predicted molar refractivity (Wildman–Crippen MR) is 143 cm³/mol. The van der Waals surface area contributed by atoms with Gasteiger partial charge < -0.3 is 5.32 Å². The van der Waals surface area contributed by atoms with Crippen molar-refractivity contribution in [3.63, 3.8) is 0 Å². The van der Waals surface area contributed by atoms with Crippen molar-refractivity contribution in [2.24, 2.45) is 0 Å². The van der Waals surface area contributed by atoms with Crippen LogP contribution in [0.2, 0.25) is 10.0 Å². The van der Waals surface area contributed by atoms with Gasteiger partial charge in [-0.15, -0.1) is 0 Å². The van der Waals surface area contributed by atoms with Crippen molar-refractivity contribution in [1.29, 1.82) is 0 Å². The average Bonchev–Trinajstić information content (AvgIpc) is 2.81. The van der Waals surface area contributed by atoms with Crippen molar-refractivity contribution < 1.29 is 13.2 Å². The number of sulfonamides is 1. The van der Waals surface area contributed by atoms with E-state index in [1.54, 1.807) is 42.5 Å². The van der Waals surface area contributed by atoms with E-state index in [0.29, 0.717) is 21.3 Å². The van der Waals surface area contributed by atoms with Crippen molar-refractivity contribution in [3.05, 3.63) is 98.5 Å². The first-order valence-electron chi connectivity index (χ1n) is 11.6. The maximum absolute atomic E-state index is 12.9. The van der Waals surface area contributed by atoms with E-state index in [1.807, 2.05) is 6.92 Å². The number of nitrogens with one attached hydrogen (secondary N) is 1. The highest BCUT2D eigenvalue weighted by Crippen LogP contribution is 2.29. The van der Waals surface area contributed by atoms with Crippen LogP contribution in [0.25, 0.3) is 0 Å². The number of amides is 1. The molecule has 0 radical (unpaired) electrons. The van der Waals surface area contributed by atoms with Crippen LogP contribution < -0.4 is 9.62 Å². The van der Waals surface area contributed by atoms with E-state index in [9.17, 15) is 13.2 Å². The van der Waals surface area contributed by atoms with Crippen molar-refractivity contribution in [1.82, 2.24) is 5.32 Å². The first-order valence-corrected chi connectivity index (χ1v) is 14.2. The molecule has 0 saturated heterocycles. The van der Waals surface area contributed by atoms with Gasteiger partial charge in [0.15, 0.2) is 0 Å². The lowest BCUT2D eigenvalue weighted by atomic mass is 9.89. The Hall–Kier alpha value is -2.54. The fraction of sp³-hybridized carbons (Fsp3) is 0.296. The van der Waals surface area contributed by atoms with Crippen molar-refractivity contribution in [3.8, 4) is 0 Å². The maximum Gasteiger partial charge on any atom is 0.251 e. The smallest absolute Gasteiger partial charge is 0.251 e. The number of nitrogens with zero attached hydrogens (tertiary/aromatic N) is 1. The third-order valence-electron chi connectivity index (χ3n) is 6.30. The standard InChI is InChI=1S/C27H28Cl2N2O3S/c1-18(22-12-11-20-5-3-4-6-23(20)13-22)30-27(32)21-9-7-19(8-10-21)17-31(35(2,33)34)26-15-24(28)14-25(29)16-26/h7-16,18H,3-6,17H2,1-2H3,(H,30,32)/t18-/m1/s1. The summed E-state index contributed by atoms with van der Waals surface area (Å²) >= 11 is 12.1. The molecule has 0 aliphatic heterocycles. The molecule has 1 atom stereocenters. The van der Waals surface area contributed by atoms with Crippen LogP contribution >= 0.6 is 23.2 Å². The fourth-order valence-corrected chi connectivity index (χ4v) is 5.78. The van der Waals surface area contributed by atoms with Crippen LogP contribution in [0, 0.1) is 0 Å². The van der Waals surface area contributed by atoms with Gasteiger partial charge in [-0.05, 0) is 85.2 Å². The van der Waals surface area contributed by atoms with Gasteiger partial charge in [-0.25, -0.2) is 8.42 Å². The highest BCUT2D eigenvalue weighted by Gasteiger charge is 2.20. The Morgan fingerprint density at radius 2 is 1.57 bits per heavy atom. The first kappa shape index (κ1) is 25.5. The van der Waals surface area contributed by atoms with Gasteiger partial charge in [0.05, 0.1) is 24.5 Å². The minimum atomic E-state index is -3.59. The topological polar surface area (TPSA) is 66.5 Å². The summed E-state index contributed by atoms with van der Waals surface area (Å²) in [7, 11) is -3.59. The molecule has 1 aliphatic carbocycles. The van der Waals surface area contributed by atoms with E-state index in [4.69, 9.17) is 23.2 Å². The highest BCUT2D eigenvalue weighted by atomic mass is 35.5. The molecule has 3 aromatic carbocycles. The summed E-state index contributed by atoms with van der Waals surface area (Å²) in [5.41, 5.74) is 5.51. The molecular weight excluding hydrogens is 503 g/mol. The van der Waals surface area contributed by atoms with Crippen LogP contribution in [0.4, 0.5) is 5.69 Å². The van der Waals surface area contributed by atoms with Crippen LogP contribution in [0.5, 0.6) is 0 Å². The molecule has 0 spiro atoms. The van der Waals surface area contributed by atoms with Crippen molar-refractivity contribution in [2.45, 2.75) is 45.2 Å². The average molecular weight is 532 g/mol. The maximum atomic E-state index is 12.9. The summed E-state index contributed by atoms with van der Waals surface area (Å²) in [6, 6.07) is 17.9. The minimum Gasteiger partial charge on any atom is -0.346 e. The lowest BCUT2D eigenvalue weighted by Crippen LogP contribution is -2.29. The molecule has 0 heterocycles. The van der Waals surface area contributed by atoms with Crippen LogP contribution in [0.15, 0.2) is 60.7 Å². The number of aryl methyl sites for hydroxylation is 2. The quantitative estimate of drug-likeness (QED) is 0.388. The molecule has 35 heavy (non-hydrogen) atoms. The number of rotatable bonds is 7. The molecule has 0 saturated carbocycles. The van der Waals surface area contributed by atoms with Gasteiger partial charge in [0.2, 0.25) is 10.0 Å². The SMILES string of the molecule is C[C@@H](NC(=O)c1ccc(CN(c2cc(Cl)cc(Cl)c2)S(C)(=O)=O)cc1)c1ccc2c(c1)CCCC2. The molecule has 8 heteroatoms. The molecule has 0 bridgehead atoms. The number of halogens is 2.